The zero-order valence-electron chi connectivity index (χ0n) is 18.8. The summed E-state index contributed by atoms with van der Waals surface area (Å²) in [7, 11) is 0. The highest BCUT2D eigenvalue weighted by atomic mass is 16.5. The van der Waals surface area contributed by atoms with Crippen molar-refractivity contribution in [2.75, 3.05) is 0 Å². The van der Waals surface area contributed by atoms with Crippen molar-refractivity contribution >= 4 is 11.7 Å². The number of rotatable bonds is 5. The van der Waals surface area contributed by atoms with Crippen LogP contribution in [-0.2, 0) is 0 Å². The van der Waals surface area contributed by atoms with Gasteiger partial charge in [0.15, 0.2) is 17.2 Å². The number of aromatic nitrogens is 1. The lowest BCUT2D eigenvalue weighted by Crippen LogP contribution is -2.59. The fraction of sp³-hybridized carbons (Fsp3) is 0.393. The van der Waals surface area contributed by atoms with Gasteiger partial charge in [-0.15, -0.1) is 0 Å². The molecule has 3 aromatic rings. The van der Waals surface area contributed by atoms with E-state index < -0.39 is 0 Å². The van der Waals surface area contributed by atoms with Gasteiger partial charge in [-0.3, -0.25) is 9.59 Å². The van der Waals surface area contributed by atoms with Crippen molar-refractivity contribution in [3.05, 3.63) is 65.9 Å². The number of carbonyl (C=O) groups excluding carboxylic acids is 2. The minimum atomic E-state index is -0.117. The summed E-state index contributed by atoms with van der Waals surface area (Å²) in [6, 6.07) is 17.3. The molecule has 0 spiro atoms. The Kier molecular flexibility index (Phi) is 4.75. The number of nitrogens with one attached hydrogen (secondary N) is 1. The lowest BCUT2D eigenvalue weighted by atomic mass is 9.53. The predicted molar refractivity (Wildman–Crippen MR) is 126 cm³/mol. The highest BCUT2D eigenvalue weighted by molar-refractivity contribution is 5.95. The molecule has 2 aromatic carbocycles. The monoisotopic (exact) mass is 440 g/mol. The largest absolute Gasteiger partial charge is 0.355 e. The van der Waals surface area contributed by atoms with Crippen LogP contribution >= 0.6 is 0 Å². The standard InChI is InChI=1S/C28H28N2O3/c1-17(31)21-2-4-22(5-3-21)23-6-8-24(9-7-23)26-13-25(30-33-26)27(32)29-28-14-18-10-19(15-28)12-20(11-18)16-28/h2-9,13,18-20H,10-12,14-16H2,1H3,(H,29,32). The Balaban J connectivity index is 1.16. The number of carbonyl (C=O) groups is 2. The molecule has 1 amide bonds. The second-order valence-corrected chi connectivity index (χ2v) is 10.4. The van der Waals surface area contributed by atoms with E-state index in [2.05, 4.69) is 10.5 Å². The second kappa shape index (κ2) is 7.68. The molecule has 7 rings (SSSR count). The lowest BCUT2D eigenvalue weighted by Gasteiger charge is -2.56. The third kappa shape index (κ3) is 3.79. The molecule has 0 radical (unpaired) electrons. The quantitative estimate of drug-likeness (QED) is 0.501. The topological polar surface area (TPSA) is 72.2 Å². The van der Waals surface area contributed by atoms with E-state index in [-0.39, 0.29) is 17.2 Å². The van der Waals surface area contributed by atoms with Crippen LogP contribution < -0.4 is 5.32 Å². The highest BCUT2D eigenvalue weighted by Crippen LogP contribution is 2.55. The number of Topliss-reactive ketones (excluding diaryl/α,β-unsaturated/α-hetero) is 1. The summed E-state index contributed by atoms with van der Waals surface area (Å²) >= 11 is 0. The maximum atomic E-state index is 13.0. The molecule has 0 saturated heterocycles. The van der Waals surface area contributed by atoms with Crippen LogP contribution in [0.4, 0.5) is 0 Å². The molecule has 5 heteroatoms. The fourth-order valence-electron chi connectivity index (χ4n) is 6.81. The first-order valence-corrected chi connectivity index (χ1v) is 12.0. The first-order valence-electron chi connectivity index (χ1n) is 12.0. The molecule has 5 nitrogen and oxygen atoms in total. The van der Waals surface area contributed by atoms with Gasteiger partial charge in [0, 0.05) is 22.7 Å². The molecule has 4 aliphatic rings. The molecule has 168 valence electrons. The molecule has 1 aromatic heterocycles. The van der Waals surface area contributed by atoms with Crippen molar-refractivity contribution in [2.45, 2.75) is 51.0 Å². The van der Waals surface area contributed by atoms with Crippen molar-refractivity contribution in [2.24, 2.45) is 17.8 Å². The Morgan fingerprint density at radius 1 is 0.848 bits per heavy atom. The van der Waals surface area contributed by atoms with E-state index in [9.17, 15) is 9.59 Å². The van der Waals surface area contributed by atoms with Crippen molar-refractivity contribution in [3.8, 4) is 22.5 Å². The smallest absolute Gasteiger partial charge is 0.273 e. The third-order valence-corrected chi connectivity index (χ3v) is 7.95. The number of ketones is 1. The zero-order chi connectivity index (χ0) is 22.6. The van der Waals surface area contributed by atoms with Gasteiger partial charge in [-0.05, 0) is 74.3 Å². The number of hydrogen-bond donors (Lipinski definition) is 1. The highest BCUT2D eigenvalue weighted by Gasteiger charge is 2.51. The summed E-state index contributed by atoms with van der Waals surface area (Å²) in [4.78, 5) is 24.5. The van der Waals surface area contributed by atoms with E-state index in [1.807, 2.05) is 48.5 Å². The molecule has 0 aliphatic heterocycles. The normalized spacial score (nSPS) is 27.5. The van der Waals surface area contributed by atoms with Gasteiger partial charge in [-0.2, -0.15) is 0 Å². The number of hydrogen-bond acceptors (Lipinski definition) is 4. The first kappa shape index (κ1) is 20.4. The van der Waals surface area contributed by atoms with E-state index in [4.69, 9.17) is 4.52 Å². The van der Waals surface area contributed by atoms with Gasteiger partial charge in [-0.25, -0.2) is 0 Å². The fourth-order valence-corrected chi connectivity index (χ4v) is 6.81. The van der Waals surface area contributed by atoms with Crippen LogP contribution in [0.25, 0.3) is 22.5 Å². The average Bonchev–Trinajstić information content (AvgIpc) is 3.29. The number of benzene rings is 2. The molecule has 4 aliphatic carbocycles. The van der Waals surface area contributed by atoms with E-state index in [1.54, 1.807) is 13.0 Å². The van der Waals surface area contributed by atoms with Gasteiger partial charge >= 0.3 is 0 Å². The Labute approximate surface area is 193 Å². The molecule has 1 heterocycles. The van der Waals surface area contributed by atoms with E-state index >= 15 is 0 Å². The van der Waals surface area contributed by atoms with Crippen molar-refractivity contribution < 1.29 is 14.1 Å². The van der Waals surface area contributed by atoms with Crippen LogP contribution in [0, 0.1) is 17.8 Å². The van der Waals surface area contributed by atoms with Crippen LogP contribution in [0.3, 0.4) is 0 Å². The predicted octanol–water partition coefficient (Wildman–Crippen LogP) is 5.91. The summed E-state index contributed by atoms with van der Waals surface area (Å²) in [5.74, 6) is 2.87. The van der Waals surface area contributed by atoms with Crippen molar-refractivity contribution in [3.63, 3.8) is 0 Å². The minimum Gasteiger partial charge on any atom is -0.355 e. The van der Waals surface area contributed by atoms with Crippen LogP contribution in [0.1, 0.15) is 66.3 Å². The van der Waals surface area contributed by atoms with Crippen LogP contribution in [-0.4, -0.2) is 22.4 Å². The molecule has 1 N–H and O–H groups in total. The summed E-state index contributed by atoms with van der Waals surface area (Å²) < 4.78 is 5.53. The van der Waals surface area contributed by atoms with Gasteiger partial charge in [0.1, 0.15) is 0 Å². The Morgan fingerprint density at radius 2 is 1.36 bits per heavy atom. The van der Waals surface area contributed by atoms with Gasteiger partial charge in [-0.1, -0.05) is 53.7 Å². The summed E-state index contributed by atoms with van der Waals surface area (Å²) in [6.45, 7) is 1.57. The first-order chi connectivity index (χ1) is 16.0. The minimum absolute atomic E-state index is 0.0372. The molecular weight excluding hydrogens is 412 g/mol. The van der Waals surface area contributed by atoms with Crippen LogP contribution in [0.2, 0.25) is 0 Å². The summed E-state index contributed by atoms with van der Waals surface area (Å²) in [6.07, 6.45) is 7.39. The Bertz CT molecular complexity index is 1170. The van der Waals surface area contributed by atoms with Gasteiger partial charge in [0.05, 0.1) is 0 Å². The van der Waals surface area contributed by atoms with E-state index in [1.165, 1.54) is 19.3 Å². The maximum Gasteiger partial charge on any atom is 0.273 e. The summed E-state index contributed by atoms with van der Waals surface area (Å²) in [5.41, 5.74) is 3.99. The second-order valence-electron chi connectivity index (χ2n) is 10.4. The average molecular weight is 441 g/mol. The molecule has 4 bridgehead atoms. The molecule has 4 fully saturated rings. The van der Waals surface area contributed by atoms with E-state index in [0.29, 0.717) is 17.0 Å². The lowest BCUT2D eigenvalue weighted by molar-refractivity contribution is -0.0168. The SMILES string of the molecule is CC(=O)c1ccc(-c2ccc(-c3cc(C(=O)NC45CC6CC(CC(C6)C4)C5)no3)cc2)cc1. The maximum absolute atomic E-state index is 13.0. The number of nitrogens with zero attached hydrogens (tertiary/aromatic N) is 1. The van der Waals surface area contributed by atoms with Crippen LogP contribution in [0.5, 0.6) is 0 Å². The van der Waals surface area contributed by atoms with Gasteiger partial charge in [0.25, 0.3) is 5.91 Å². The summed E-state index contributed by atoms with van der Waals surface area (Å²) in [5, 5.41) is 7.44. The van der Waals surface area contributed by atoms with Crippen molar-refractivity contribution in [1.82, 2.24) is 10.5 Å². The third-order valence-electron chi connectivity index (χ3n) is 7.95. The molecule has 0 unspecified atom stereocenters. The molecule has 0 atom stereocenters. The Morgan fingerprint density at radius 3 is 1.91 bits per heavy atom. The van der Waals surface area contributed by atoms with Crippen molar-refractivity contribution in [1.29, 1.82) is 0 Å². The number of amides is 1. The molecule has 33 heavy (non-hydrogen) atoms. The van der Waals surface area contributed by atoms with Gasteiger partial charge < -0.3 is 9.84 Å². The van der Waals surface area contributed by atoms with E-state index in [0.717, 1.165) is 53.7 Å². The molecule has 4 saturated carbocycles. The van der Waals surface area contributed by atoms with Gasteiger partial charge in [0.2, 0.25) is 0 Å². The zero-order valence-corrected chi connectivity index (χ0v) is 18.8. The Hall–Kier alpha value is -3.21. The van der Waals surface area contributed by atoms with Crippen LogP contribution in [0.15, 0.2) is 59.1 Å². The molecular formula is C28H28N2O3.